The lowest BCUT2D eigenvalue weighted by Gasteiger charge is -2.35. The number of methoxy groups -OCH3 is 1. The van der Waals surface area contributed by atoms with Crippen molar-refractivity contribution in [2.24, 2.45) is 5.41 Å². The Morgan fingerprint density at radius 1 is 1.48 bits per heavy atom. The van der Waals surface area contributed by atoms with Crippen LogP contribution in [0.5, 0.6) is 0 Å². The van der Waals surface area contributed by atoms with Crippen LogP contribution in [0.25, 0.3) is 0 Å². The van der Waals surface area contributed by atoms with E-state index in [2.05, 4.69) is 35.1 Å². The minimum Gasteiger partial charge on any atom is -0.465 e. The maximum absolute atomic E-state index is 11.5. The number of carbonyl (C=O) groups is 1. The molecule has 0 aliphatic heterocycles. The molecule has 0 bridgehead atoms. The molecule has 1 aliphatic carbocycles. The van der Waals surface area contributed by atoms with Gasteiger partial charge in [-0.3, -0.25) is 0 Å². The third-order valence-corrected chi connectivity index (χ3v) is 5.00. The van der Waals surface area contributed by atoms with Gasteiger partial charge in [0.05, 0.1) is 12.7 Å². The zero-order chi connectivity index (χ0) is 15.5. The first-order valence-corrected chi connectivity index (χ1v) is 8.31. The fraction of sp³-hybridized carbons (Fsp3) is 0.588. The lowest BCUT2D eigenvalue weighted by molar-refractivity contribution is 0.0600. The van der Waals surface area contributed by atoms with Gasteiger partial charge in [0.25, 0.3) is 0 Å². The van der Waals surface area contributed by atoms with Gasteiger partial charge in [-0.1, -0.05) is 42.3 Å². The summed E-state index contributed by atoms with van der Waals surface area (Å²) in [6.45, 7) is 5.52. The van der Waals surface area contributed by atoms with E-state index >= 15 is 0 Å². The Kier molecular flexibility index (Phi) is 5.44. The molecule has 1 aliphatic rings. The van der Waals surface area contributed by atoms with Crippen molar-refractivity contribution in [3.05, 3.63) is 33.8 Å². The molecule has 0 saturated heterocycles. The fourth-order valence-electron chi connectivity index (χ4n) is 3.06. The Morgan fingerprint density at radius 3 is 2.86 bits per heavy atom. The SMILES string of the molecule is COC(=O)c1ccc(CNC2CCCC(C)(C)C2)c(Br)c1. The molecular weight excluding hydrogens is 330 g/mol. The van der Waals surface area contributed by atoms with Gasteiger partial charge in [0.1, 0.15) is 0 Å². The lowest BCUT2D eigenvalue weighted by Crippen LogP contribution is -2.36. The standard InChI is InChI=1S/C17H24BrNO2/c1-17(2)8-4-5-14(10-17)19-11-13-7-6-12(9-15(13)18)16(20)21-3/h6-7,9,14,19H,4-5,8,10-11H2,1-3H3. The number of rotatable bonds is 4. The molecule has 4 heteroatoms. The molecule has 0 amide bonds. The highest BCUT2D eigenvalue weighted by Gasteiger charge is 2.27. The largest absolute Gasteiger partial charge is 0.465 e. The summed E-state index contributed by atoms with van der Waals surface area (Å²) in [5, 5.41) is 3.65. The van der Waals surface area contributed by atoms with Gasteiger partial charge >= 0.3 is 5.97 Å². The number of hydrogen-bond acceptors (Lipinski definition) is 3. The minimum atomic E-state index is -0.302. The van der Waals surface area contributed by atoms with Crippen LogP contribution in [0.3, 0.4) is 0 Å². The highest BCUT2D eigenvalue weighted by atomic mass is 79.9. The smallest absolute Gasteiger partial charge is 0.337 e. The zero-order valence-corrected chi connectivity index (χ0v) is 14.6. The fourth-order valence-corrected chi connectivity index (χ4v) is 3.58. The van der Waals surface area contributed by atoms with E-state index in [9.17, 15) is 4.79 Å². The second kappa shape index (κ2) is 6.93. The Morgan fingerprint density at radius 2 is 2.24 bits per heavy atom. The van der Waals surface area contributed by atoms with Gasteiger partial charge in [0.15, 0.2) is 0 Å². The van der Waals surface area contributed by atoms with Crippen LogP contribution in [0.1, 0.15) is 55.5 Å². The van der Waals surface area contributed by atoms with Crippen molar-refractivity contribution in [2.75, 3.05) is 7.11 Å². The third kappa shape index (κ3) is 4.55. The highest BCUT2D eigenvalue weighted by Crippen LogP contribution is 2.35. The van der Waals surface area contributed by atoms with Gasteiger partial charge < -0.3 is 10.1 Å². The molecule has 1 fully saturated rings. The molecule has 1 N–H and O–H groups in total. The van der Waals surface area contributed by atoms with Crippen molar-refractivity contribution in [1.29, 1.82) is 0 Å². The second-order valence-corrected chi connectivity index (χ2v) is 7.49. The molecule has 0 radical (unpaired) electrons. The molecule has 3 nitrogen and oxygen atoms in total. The molecular formula is C17H24BrNO2. The molecule has 1 aromatic carbocycles. The number of hydrogen-bond donors (Lipinski definition) is 1. The molecule has 2 rings (SSSR count). The van der Waals surface area contributed by atoms with E-state index in [0.717, 1.165) is 11.0 Å². The van der Waals surface area contributed by atoms with Gasteiger partial charge in [-0.2, -0.15) is 0 Å². The van der Waals surface area contributed by atoms with Crippen LogP contribution < -0.4 is 5.32 Å². The number of ether oxygens (including phenoxy) is 1. The van der Waals surface area contributed by atoms with Crippen LogP contribution in [-0.2, 0) is 11.3 Å². The summed E-state index contributed by atoms with van der Waals surface area (Å²) in [6, 6.07) is 6.21. The van der Waals surface area contributed by atoms with Crippen molar-refractivity contribution in [1.82, 2.24) is 5.32 Å². The zero-order valence-electron chi connectivity index (χ0n) is 13.0. The van der Waals surface area contributed by atoms with Crippen LogP contribution in [-0.4, -0.2) is 19.1 Å². The Hall–Kier alpha value is -0.870. The topological polar surface area (TPSA) is 38.3 Å². The lowest BCUT2D eigenvalue weighted by atomic mass is 9.75. The Labute approximate surface area is 135 Å². The minimum absolute atomic E-state index is 0.302. The molecule has 116 valence electrons. The van der Waals surface area contributed by atoms with E-state index in [1.807, 2.05) is 18.2 Å². The Bertz CT molecular complexity index is 514. The first-order valence-electron chi connectivity index (χ1n) is 7.51. The monoisotopic (exact) mass is 353 g/mol. The summed E-state index contributed by atoms with van der Waals surface area (Å²) in [7, 11) is 1.40. The number of esters is 1. The van der Waals surface area contributed by atoms with Gasteiger partial charge in [0, 0.05) is 17.1 Å². The maximum Gasteiger partial charge on any atom is 0.337 e. The summed E-state index contributed by atoms with van der Waals surface area (Å²) in [4.78, 5) is 11.5. The van der Waals surface area contributed by atoms with Crippen LogP contribution in [0, 0.1) is 5.41 Å². The predicted octanol–water partition coefficient (Wildman–Crippen LogP) is 4.29. The normalized spacial score (nSPS) is 21.0. The number of nitrogens with one attached hydrogen (secondary N) is 1. The van der Waals surface area contributed by atoms with Gasteiger partial charge in [-0.25, -0.2) is 4.79 Å². The predicted molar refractivity (Wildman–Crippen MR) is 88.4 cm³/mol. The van der Waals surface area contributed by atoms with Crippen molar-refractivity contribution < 1.29 is 9.53 Å². The van der Waals surface area contributed by atoms with E-state index in [-0.39, 0.29) is 5.97 Å². The third-order valence-electron chi connectivity index (χ3n) is 4.26. The molecule has 21 heavy (non-hydrogen) atoms. The quantitative estimate of drug-likeness (QED) is 0.820. The summed E-state index contributed by atoms with van der Waals surface area (Å²) < 4.78 is 5.69. The average Bonchev–Trinajstić information content (AvgIpc) is 2.44. The van der Waals surface area contributed by atoms with Gasteiger partial charge in [-0.15, -0.1) is 0 Å². The molecule has 1 aromatic rings. The van der Waals surface area contributed by atoms with Crippen LogP contribution in [0.4, 0.5) is 0 Å². The number of halogens is 1. The van der Waals surface area contributed by atoms with E-state index < -0.39 is 0 Å². The van der Waals surface area contributed by atoms with Crippen LogP contribution in [0.15, 0.2) is 22.7 Å². The van der Waals surface area contributed by atoms with E-state index in [4.69, 9.17) is 4.74 Å². The first kappa shape index (κ1) is 16.5. The van der Waals surface area contributed by atoms with Crippen molar-refractivity contribution in [3.63, 3.8) is 0 Å². The maximum atomic E-state index is 11.5. The van der Waals surface area contributed by atoms with Gasteiger partial charge in [0.2, 0.25) is 0 Å². The molecule has 0 heterocycles. The highest BCUT2D eigenvalue weighted by molar-refractivity contribution is 9.10. The molecule has 1 unspecified atom stereocenters. The van der Waals surface area contributed by atoms with E-state index in [0.29, 0.717) is 17.0 Å². The molecule has 1 saturated carbocycles. The van der Waals surface area contributed by atoms with Crippen LogP contribution in [0.2, 0.25) is 0 Å². The Balaban J connectivity index is 1.96. The van der Waals surface area contributed by atoms with Crippen LogP contribution >= 0.6 is 15.9 Å². The van der Waals surface area contributed by atoms with E-state index in [1.165, 1.54) is 38.4 Å². The summed E-state index contributed by atoms with van der Waals surface area (Å²) in [5.41, 5.74) is 2.19. The first-order chi connectivity index (χ1) is 9.91. The van der Waals surface area contributed by atoms with Crippen molar-refractivity contribution in [3.8, 4) is 0 Å². The molecule has 0 aromatic heterocycles. The number of benzene rings is 1. The molecule has 1 atom stereocenters. The summed E-state index contributed by atoms with van der Waals surface area (Å²) in [5.74, 6) is -0.302. The second-order valence-electron chi connectivity index (χ2n) is 6.64. The summed E-state index contributed by atoms with van der Waals surface area (Å²) in [6.07, 6.45) is 5.10. The molecule has 0 spiro atoms. The number of carbonyl (C=O) groups excluding carboxylic acids is 1. The van der Waals surface area contributed by atoms with Crippen molar-refractivity contribution in [2.45, 2.75) is 52.1 Å². The summed E-state index contributed by atoms with van der Waals surface area (Å²) >= 11 is 3.54. The van der Waals surface area contributed by atoms with E-state index in [1.54, 1.807) is 0 Å². The van der Waals surface area contributed by atoms with Gasteiger partial charge in [-0.05, 0) is 42.4 Å². The van der Waals surface area contributed by atoms with Crippen molar-refractivity contribution >= 4 is 21.9 Å². The average molecular weight is 354 g/mol.